The second kappa shape index (κ2) is 9.14. The molecule has 2 aromatic heterocycles. The summed E-state index contributed by atoms with van der Waals surface area (Å²) in [5, 5.41) is 19.7. The van der Waals surface area contributed by atoms with E-state index >= 15 is 0 Å². The molecule has 0 spiro atoms. The van der Waals surface area contributed by atoms with Gasteiger partial charge in [-0.05, 0) is 36.0 Å². The summed E-state index contributed by atoms with van der Waals surface area (Å²) in [5.41, 5.74) is 0.766. The molecule has 0 bridgehead atoms. The van der Waals surface area contributed by atoms with Crippen molar-refractivity contribution in [3.05, 3.63) is 54.2 Å². The van der Waals surface area contributed by atoms with E-state index in [1.54, 1.807) is 6.20 Å². The number of benzene rings is 1. The van der Waals surface area contributed by atoms with Gasteiger partial charge in [-0.3, -0.25) is 10.1 Å². The second-order valence-electron chi connectivity index (χ2n) is 6.85. The Labute approximate surface area is 178 Å². The van der Waals surface area contributed by atoms with Crippen LogP contribution in [0.4, 0.5) is 10.9 Å². The summed E-state index contributed by atoms with van der Waals surface area (Å²) < 4.78 is 11.4. The summed E-state index contributed by atoms with van der Waals surface area (Å²) in [6.07, 6.45) is 1.70. The fraction of sp³-hybridized carbons (Fsp3) is 0.350. The standard InChI is InChI=1S/C20H22N6O3S/c1-13-15(10-12-26(13)16-9-6-11-21-23-16)29-20-25-24-19(30-20)22-18(27)17(28-2)14-7-4-3-5-8-14/h3-9,11,13,15,17H,10,12H2,1-2H3,(H,22,24,27)/t13-,15+,17-/m0/s1. The van der Waals surface area contributed by atoms with Crippen LogP contribution in [0.15, 0.2) is 48.7 Å². The van der Waals surface area contributed by atoms with Gasteiger partial charge >= 0.3 is 0 Å². The van der Waals surface area contributed by atoms with Crippen LogP contribution < -0.4 is 15.0 Å². The maximum atomic E-state index is 12.6. The Morgan fingerprint density at radius 3 is 2.77 bits per heavy atom. The summed E-state index contributed by atoms with van der Waals surface area (Å²) in [7, 11) is 1.50. The SMILES string of the molecule is CO[C@H](C(=O)Nc1nnc(O[C@@H]2CCN(c3cccnn3)[C@H]2C)s1)c1ccccc1. The number of hydrogen-bond donors (Lipinski definition) is 1. The first-order valence-corrected chi connectivity index (χ1v) is 10.4. The molecule has 3 atom stereocenters. The molecule has 1 fully saturated rings. The van der Waals surface area contributed by atoms with Crippen LogP contribution >= 0.6 is 11.3 Å². The van der Waals surface area contributed by atoms with Crippen molar-refractivity contribution >= 4 is 28.2 Å². The molecule has 9 nitrogen and oxygen atoms in total. The molecule has 156 valence electrons. The lowest BCUT2D eigenvalue weighted by molar-refractivity contribution is -0.126. The second-order valence-corrected chi connectivity index (χ2v) is 7.79. The summed E-state index contributed by atoms with van der Waals surface area (Å²) in [6.45, 7) is 2.90. The van der Waals surface area contributed by atoms with E-state index in [1.165, 1.54) is 18.4 Å². The van der Waals surface area contributed by atoms with E-state index in [1.807, 2.05) is 42.5 Å². The number of aromatic nitrogens is 4. The molecule has 4 rings (SSSR count). The van der Waals surface area contributed by atoms with Gasteiger partial charge in [0.05, 0.1) is 6.04 Å². The van der Waals surface area contributed by atoms with Crippen LogP contribution in [0.5, 0.6) is 5.19 Å². The molecule has 1 aliphatic rings. The van der Waals surface area contributed by atoms with E-state index in [0.717, 1.165) is 24.3 Å². The van der Waals surface area contributed by atoms with E-state index in [2.05, 4.69) is 37.5 Å². The van der Waals surface area contributed by atoms with E-state index in [4.69, 9.17) is 9.47 Å². The zero-order valence-electron chi connectivity index (χ0n) is 16.6. The average molecular weight is 427 g/mol. The first kappa shape index (κ1) is 20.2. The summed E-state index contributed by atoms with van der Waals surface area (Å²) >= 11 is 1.19. The van der Waals surface area contributed by atoms with Crippen LogP contribution in [-0.2, 0) is 9.53 Å². The Balaban J connectivity index is 1.37. The smallest absolute Gasteiger partial charge is 0.296 e. The molecule has 0 unspecified atom stereocenters. The van der Waals surface area contributed by atoms with Gasteiger partial charge in [0.25, 0.3) is 11.1 Å². The minimum atomic E-state index is -0.727. The van der Waals surface area contributed by atoms with Gasteiger partial charge in [0.15, 0.2) is 11.9 Å². The highest BCUT2D eigenvalue weighted by Gasteiger charge is 2.34. The topological polar surface area (TPSA) is 102 Å². The third-order valence-electron chi connectivity index (χ3n) is 5.00. The highest BCUT2D eigenvalue weighted by atomic mass is 32.1. The number of carbonyl (C=O) groups excluding carboxylic acids is 1. The summed E-state index contributed by atoms with van der Waals surface area (Å²) in [6, 6.07) is 13.2. The molecule has 3 aromatic rings. The minimum Gasteiger partial charge on any atom is -0.463 e. The number of nitrogens with one attached hydrogen (secondary N) is 1. The van der Waals surface area contributed by atoms with Gasteiger partial charge < -0.3 is 14.4 Å². The Morgan fingerprint density at radius 1 is 1.20 bits per heavy atom. The number of methoxy groups -OCH3 is 1. The summed E-state index contributed by atoms with van der Waals surface area (Å²) in [4.78, 5) is 14.7. The van der Waals surface area contributed by atoms with Crippen molar-refractivity contribution in [3.8, 4) is 5.19 Å². The van der Waals surface area contributed by atoms with Crippen molar-refractivity contribution in [2.24, 2.45) is 0 Å². The molecular formula is C20H22N6O3S. The third-order valence-corrected chi connectivity index (χ3v) is 5.73. The number of nitrogens with zero attached hydrogens (tertiary/aromatic N) is 5. The molecular weight excluding hydrogens is 404 g/mol. The molecule has 3 heterocycles. The minimum absolute atomic E-state index is 0.0560. The monoisotopic (exact) mass is 426 g/mol. The lowest BCUT2D eigenvalue weighted by Crippen LogP contribution is -2.35. The van der Waals surface area contributed by atoms with E-state index in [-0.39, 0.29) is 18.1 Å². The number of anilines is 2. The van der Waals surface area contributed by atoms with Crippen molar-refractivity contribution in [1.82, 2.24) is 20.4 Å². The molecule has 1 saturated heterocycles. The van der Waals surface area contributed by atoms with Crippen molar-refractivity contribution in [2.45, 2.75) is 31.6 Å². The van der Waals surface area contributed by atoms with Gasteiger partial charge in [-0.25, -0.2) is 0 Å². The number of ether oxygens (including phenoxy) is 2. The normalized spacial score (nSPS) is 19.5. The molecule has 10 heteroatoms. The highest BCUT2D eigenvalue weighted by molar-refractivity contribution is 7.17. The Bertz CT molecular complexity index is 971. The van der Waals surface area contributed by atoms with Crippen LogP contribution in [0.25, 0.3) is 0 Å². The van der Waals surface area contributed by atoms with Crippen molar-refractivity contribution in [1.29, 1.82) is 0 Å². The van der Waals surface area contributed by atoms with Gasteiger partial charge in [-0.15, -0.1) is 10.2 Å². The highest BCUT2D eigenvalue weighted by Crippen LogP contribution is 2.30. The third kappa shape index (κ3) is 4.39. The number of rotatable bonds is 7. The van der Waals surface area contributed by atoms with Crippen LogP contribution in [0.2, 0.25) is 0 Å². The maximum Gasteiger partial charge on any atom is 0.296 e. The average Bonchev–Trinajstić information content (AvgIpc) is 3.37. The Kier molecular flexibility index (Phi) is 6.15. The molecule has 1 aliphatic heterocycles. The van der Waals surface area contributed by atoms with Crippen molar-refractivity contribution in [2.75, 3.05) is 23.9 Å². The molecule has 0 radical (unpaired) electrons. The molecule has 1 aromatic carbocycles. The van der Waals surface area contributed by atoms with Crippen LogP contribution in [-0.4, -0.2) is 52.1 Å². The van der Waals surface area contributed by atoms with Crippen LogP contribution in [0.3, 0.4) is 0 Å². The van der Waals surface area contributed by atoms with Crippen molar-refractivity contribution < 1.29 is 14.3 Å². The molecule has 1 N–H and O–H groups in total. The largest absolute Gasteiger partial charge is 0.463 e. The van der Waals surface area contributed by atoms with E-state index in [9.17, 15) is 4.79 Å². The quantitative estimate of drug-likeness (QED) is 0.615. The first-order valence-electron chi connectivity index (χ1n) is 9.59. The van der Waals surface area contributed by atoms with Gasteiger partial charge in [-0.1, -0.05) is 35.4 Å². The maximum absolute atomic E-state index is 12.6. The number of carbonyl (C=O) groups is 1. The Morgan fingerprint density at radius 2 is 2.03 bits per heavy atom. The zero-order valence-corrected chi connectivity index (χ0v) is 17.5. The van der Waals surface area contributed by atoms with Crippen LogP contribution in [0, 0.1) is 0 Å². The lowest BCUT2D eigenvalue weighted by Gasteiger charge is -2.24. The van der Waals surface area contributed by atoms with Gasteiger partial charge in [0, 0.05) is 26.3 Å². The van der Waals surface area contributed by atoms with Gasteiger partial charge in [-0.2, -0.15) is 5.10 Å². The molecule has 0 aliphatic carbocycles. The fourth-order valence-corrected chi connectivity index (χ4v) is 4.12. The van der Waals surface area contributed by atoms with E-state index in [0.29, 0.717) is 10.3 Å². The summed E-state index contributed by atoms with van der Waals surface area (Å²) in [5.74, 6) is 0.516. The lowest BCUT2D eigenvalue weighted by atomic mass is 10.1. The van der Waals surface area contributed by atoms with Gasteiger partial charge in [0.1, 0.15) is 6.10 Å². The number of amides is 1. The Hall–Kier alpha value is -3.11. The van der Waals surface area contributed by atoms with Gasteiger partial charge in [0.2, 0.25) is 5.13 Å². The predicted molar refractivity (Wildman–Crippen MR) is 113 cm³/mol. The van der Waals surface area contributed by atoms with E-state index < -0.39 is 6.10 Å². The number of hydrogen-bond acceptors (Lipinski definition) is 9. The van der Waals surface area contributed by atoms with Crippen molar-refractivity contribution in [3.63, 3.8) is 0 Å². The molecule has 0 saturated carbocycles. The zero-order chi connectivity index (χ0) is 20.9. The fourth-order valence-electron chi connectivity index (χ4n) is 3.47. The molecule has 30 heavy (non-hydrogen) atoms. The van der Waals surface area contributed by atoms with Crippen LogP contribution in [0.1, 0.15) is 25.0 Å². The first-order chi connectivity index (χ1) is 14.7. The predicted octanol–water partition coefficient (Wildman–Crippen LogP) is 2.70. The molecule has 1 amide bonds.